The van der Waals surface area contributed by atoms with Crippen LogP contribution in [0.25, 0.3) is 0 Å². The maximum absolute atomic E-state index is 12.0. The van der Waals surface area contributed by atoms with Gasteiger partial charge in [-0.2, -0.15) is 0 Å². The zero-order chi connectivity index (χ0) is 17.1. The molecule has 1 unspecified atom stereocenters. The van der Waals surface area contributed by atoms with Gasteiger partial charge in [-0.25, -0.2) is 4.79 Å². The third-order valence-corrected chi connectivity index (χ3v) is 4.70. The van der Waals surface area contributed by atoms with E-state index in [4.69, 9.17) is 5.11 Å². The average Bonchev–Trinajstić information content (AvgIpc) is 2.56. The predicted octanol–water partition coefficient (Wildman–Crippen LogP) is 0.228. The highest BCUT2D eigenvalue weighted by molar-refractivity contribution is 5.83. The van der Waals surface area contributed by atoms with E-state index < -0.39 is 12.2 Å². The number of carbonyl (C=O) groups is 2. The molecule has 24 heavy (non-hydrogen) atoms. The van der Waals surface area contributed by atoms with E-state index in [9.17, 15) is 14.7 Å². The Morgan fingerprint density at radius 1 is 1.08 bits per heavy atom. The SMILES string of the molecule is O=C(O)N1CCN(CC(O)CN2CCc3ccccc3C2)C(=O)C1. The Balaban J connectivity index is 1.49. The monoisotopic (exact) mass is 333 g/mol. The first-order chi connectivity index (χ1) is 11.5. The zero-order valence-electron chi connectivity index (χ0n) is 13.6. The van der Waals surface area contributed by atoms with Crippen molar-refractivity contribution in [2.45, 2.75) is 19.1 Å². The van der Waals surface area contributed by atoms with Crippen molar-refractivity contribution in [3.05, 3.63) is 35.4 Å². The van der Waals surface area contributed by atoms with E-state index in [-0.39, 0.29) is 19.0 Å². The number of nitrogens with zero attached hydrogens (tertiary/aromatic N) is 3. The minimum atomic E-state index is -1.07. The molecule has 2 N–H and O–H groups in total. The van der Waals surface area contributed by atoms with E-state index in [0.29, 0.717) is 19.6 Å². The molecule has 3 rings (SSSR count). The molecule has 2 amide bonds. The lowest BCUT2D eigenvalue weighted by Crippen LogP contribution is -2.54. The molecule has 1 atom stereocenters. The van der Waals surface area contributed by atoms with Crippen LogP contribution in [0.15, 0.2) is 24.3 Å². The molecule has 7 heteroatoms. The third-order valence-electron chi connectivity index (χ3n) is 4.70. The van der Waals surface area contributed by atoms with E-state index in [1.54, 1.807) is 4.90 Å². The van der Waals surface area contributed by atoms with E-state index >= 15 is 0 Å². The van der Waals surface area contributed by atoms with Crippen molar-refractivity contribution >= 4 is 12.0 Å². The topological polar surface area (TPSA) is 84.3 Å². The van der Waals surface area contributed by atoms with E-state index in [2.05, 4.69) is 17.0 Å². The van der Waals surface area contributed by atoms with E-state index in [1.165, 1.54) is 11.1 Å². The summed E-state index contributed by atoms with van der Waals surface area (Å²) in [4.78, 5) is 27.7. The maximum Gasteiger partial charge on any atom is 0.407 e. The molecule has 1 aromatic carbocycles. The summed E-state index contributed by atoms with van der Waals surface area (Å²) in [6.07, 6.45) is -0.731. The summed E-state index contributed by atoms with van der Waals surface area (Å²) in [6, 6.07) is 8.33. The number of piperazine rings is 1. The van der Waals surface area contributed by atoms with Crippen LogP contribution in [0.1, 0.15) is 11.1 Å². The van der Waals surface area contributed by atoms with Crippen molar-refractivity contribution in [3.8, 4) is 0 Å². The molecule has 1 saturated heterocycles. The first-order valence-corrected chi connectivity index (χ1v) is 8.26. The predicted molar refractivity (Wildman–Crippen MR) is 87.6 cm³/mol. The average molecular weight is 333 g/mol. The highest BCUT2D eigenvalue weighted by atomic mass is 16.4. The number of benzene rings is 1. The molecule has 7 nitrogen and oxygen atoms in total. The first-order valence-electron chi connectivity index (χ1n) is 8.26. The molecule has 0 spiro atoms. The number of amides is 2. The molecule has 1 aromatic rings. The largest absolute Gasteiger partial charge is 0.465 e. The van der Waals surface area contributed by atoms with Gasteiger partial charge in [0.15, 0.2) is 0 Å². The minimum Gasteiger partial charge on any atom is -0.465 e. The molecule has 0 aliphatic carbocycles. The number of aliphatic hydroxyl groups is 1. The van der Waals surface area contributed by atoms with Crippen molar-refractivity contribution in [3.63, 3.8) is 0 Å². The van der Waals surface area contributed by atoms with Gasteiger partial charge in [-0.15, -0.1) is 0 Å². The van der Waals surface area contributed by atoms with Crippen LogP contribution in [0.4, 0.5) is 4.79 Å². The van der Waals surface area contributed by atoms with Crippen molar-refractivity contribution in [2.24, 2.45) is 0 Å². The summed E-state index contributed by atoms with van der Waals surface area (Å²) >= 11 is 0. The van der Waals surface area contributed by atoms with Crippen LogP contribution >= 0.6 is 0 Å². The Hall–Kier alpha value is -2.12. The summed E-state index contributed by atoms with van der Waals surface area (Å²) in [5, 5.41) is 19.2. The third kappa shape index (κ3) is 3.85. The minimum absolute atomic E-state index is 0.126. The maximum atomic E-state index is 12.0. The quantitative estimate of drug-likeness (QED) is 0.824. The van der Waals surface area contributed by atoms with Gasteiger partial charge in [0.2, 0.25) is 5.91 Å². The van der Waals surface area contributed by atoms with Crippen LogP contribution in [0.3, 0.4) is 0 Å². The molecule has 0 saturated carbocycles. The summed E-state index contributed by atoms with van der Waals surface area (Å²) in [5.41, 5.74) is 2.66. The lowest BCUT2D eigenvalue weighted by Gasteiger charge is -2.35. The van der Waals surface area contributed by atoms with Crippen LogP contribution in [0.5, 0.6) is 0 Å². The smallest absolute Gasteiger partial charge is 0.407 e. The molecule has 0 bridgehead atoms. The highest BCUT2D eigenvalue weighted by Crippen LogP contribution is 2.18. The molecule has 2 aliphatic heterocycles. The fourth-order valence-electron chi connectivity index (χ4n) is 3.39. The molecule has 0 radical (unpaired) electrons. The number of β-amino-alcohol motifs (C(OH)–C–C–N with tert-alkyl or cyclic N) is 1. The van der Waals surface area contributed by atoms with Crippen molar-refractivity contribution in [2.75, 3.05) is 39.3 Å². The van der Waals surface area contributed by atoms with Gasteiger partial charge in [0.25, 0.3) is 0 Å². The fraction of sp³-hybridized carbons (Fsp3) is 0.529. The normalized spacial score (nSPS) is 20.0. The number of aliphatic hydroxyl groups excluding tert-OH is 1. The zero-order valence-corrected chi connectivity index (χ0v) is 13.6. The lowest BCUT2D eigenvalue weighted by molar-refractivity contribution is -0.137. The number of fused-ring (bicyclic) bond motifs is 1. The number of hydrogen-bond acceptors (Lipinski definition) is 4. The molecular formula is C17H23N3O4. The van der Waals surface area contributed by atoms with Crippen molar-refractivity contribution in [1.82, 2.24) is 14.7 Å². The van der Waals surface area contributed by atoms with Gasteiger partial charge >= 0.3 is 6.09 Å². The fourth-order valence-corrected chi connectivity index (χ4v) is 3.39. The molecule has 1 fully saturated rings. The van der Waals surface area contributed by atoms with Crippen LogP contribution in [-0.4, -0.2) is 82.3 Å². The number of rotatable bonds is 4. The lowest BCUT2D eigenvalue weighted by atomic mass is 10.00. The van der Waals surface area contributed by atoms with Crippen molar-refractivity contribution < 1.29 is 19.8 Å². The Morgan fingerprint density at radius 3 is 2.54 bits per heavy atom. The Kier molecular flexibility index (Phi) is 5.01. The Morgan fingerprint density at radius 2 is 1.83 bits per heavy atom. The number of hydrogen-bond donors (Lipinski definition) is 2. The van der Waals surface area contributed by atoms with Crippen LogP contribution < -0.4 is 0 Å². The van der Waals surface area contributed by atoms with Gasteiger partial charge in [-0.1, -0.05) is 24.3 Å². The summed E-state index contributed by atoms with van der Waals surface area (Å²) in [6.45, 7) is 2.99. The molecule has 0 aromatic heterocycles. The summed E-state index contributed by atoms with van der Waals surface area (Å²) in [7, 11) is 0. The van der Waals surface area contributed by atoms with Gasteiger partial charge in [0.05, 0.1) is 6.10 Å². The van der Waals surface area contributed by atoms with Crippen LogP contribution in [0.2, 0.25) is 0 Å². The number of carboxylic acid groups (broad SMARTS) is 1. The molecular weight excluding hydrogens is 310 g/mol. The van der Waals surface area contributed by atoms with Crippen LogP contribution in [0, 0.1) is 0 Å². The summed E-state index contributed by atoms with van der Waals surface area (Å²) < 4.78 is 0. The van der Waals surface area contributed by atoms with Crippen LogP contribution in [-0.2, 0) is 17.8 Å². The second-order valence-electron chi connectivity index (χ2n) is 6.45. The van der Waals surface area contributed by atoms with Gasteiger partial charge in [-0.3, -0.25) is 14.6 Å². The van der Waals surface area contributed by atoms with Crippen molar-refractivity contribution in [1.29, 1.82) is 0 Å². The van der Waals surface area contributed by atoms with Gasteiger partial charge in [-0.05, 0) is 17.5 Å². The number of carbonyl (C=O) groups excluding carboxylic acids is 1. The molecule has 2 aliphatic rings. The second kappa shape index (κ2) is 7.19. The van der Waals surface area contributed by atoms with Gasteiger partial charge in [0, 0.05) is 39.3 Å². The molecule has 2 heterocycles. The standard InChI is InChI=1S/C17H23N3O4/c21-15(11-19-7-8-20(17(23)24)12-16(19)22)10-18-6-5-13-3-1-2-4-14(13)9-18/h1-4,15,21H,5-12H2,(H,23,24). The highest BCUT2D eigenvalue weighted by Gasteiger charge is 2.28. The second-order valence-corrected chi connectivity index (χ2v) is 6.45. The first kappa shape index (κ1) is 16.7. The Bertz CT molecular complexity index is 622. The van der Waals surface area contributed by atoms with E-state index in [1.807, 2.05) is 12.1 Å². The van der Waals surface area contributed by atoms with Gasteiger partial charge < -0.3 is 15.1 Å². The van der Waals surface area contributed by atoms with E-state index in [0.717, 1.165) is 24.4 Å². The molecule has 130 valence electrons. The summed E-state index contributed by atoms with van der Waals surface area (Å²) in [5.74, 6) is -0.244. The van der Waals surface area contributed by atoms with Gasteiger partial charge in [0.1, 0.15) is 6.54 Å². The Labute approximate surface area is 141 Å².